The van der Waals surface area contributed by atoms with Gasteiger partial charge in [0.2, 0.25) is 5.82 Å². The number of rotatable bonds is 5. The second kappa shape index (κ2) is 8.95. The van der Waals surface area contributed by atoms with Gasteiger partial charge in [-0.05, 0) is 44.4 Å². The van der Waals surface area contributed by atoms with Crippen molar-refractivity contribution in [2.45, 2.75) is 5.60 Å². The van der Waals surface area contributed by atoms with Gasteiger partial charge in [0, 0.05) is 20.6 Å². The average Bonchev–Trinajstić information content (AvgIpc) is 3.18. The maximum atomic E-state index is 13.4. The molecule has 1 aliphatic heterocycles. The Bertz CT molecular complexity index is 1020. The summed E-state index contributed by atoms with van der Waals surface area (Å²) >= 11 is 3.05. The van der Waals surface area contributed by atoms with Crippen LogP contribution in [0.1, 0.15) is 5.69 Å². The number of aromatic nitrogens is 2. The summed E-state index contributed by atoms with van der Waals surface area (Å²) < 4.78 is 18.3. The second-order valence-electron chi connectivity index (χ2n) is 7.07. The molecular formula is C17H19BrFN7O5. The Kier molecular flexibility index (Phi) is 6.52. The zero-order valence-electron chi connectivity index (χ0n) is 16.5. The molecule has 12 nitrogen and oxygen atoms in total. The maximum Gasteiger partial charge on any atom is 0.312 e. The fourth-order valence-corrected chi connectivity index (χ4v) is 3.14. The van der Waals surface area contributed by atoms with Gasteiger partial charge in [0.05, 0.1) is 23.2 Å². The van der Waals surface area contributed by atoms with Crippen LogP contribution in [0, 0.1) is 5.82 Å². The number of amidine groups is 1. The first-order valence-corrected chi connectivity index (χ1v) is 9.66. The van der Waals surface area contributed by atoms with Crippen LogP contribution >= 0.6 is 15.9 Å². The van der Waals surface area contributed by atoms with Gasteiger partial charge in [-0.25, -0.2) is 14.0 Å². The highest BCUT2D eigenvalue weighted by molar-refractivity contribution is 9.10. The third kappa shape index (κ3) is 4.98. The molecule has 31 heavy (non-hydrogen) atoms. The lowest BCUT2D eigenvalue weighted by molar-refractivity contribution is -0.163. The fraction of sp³-hybridized carbons (Fsp3) is 0.353. The molecule has 0 radical (unpaired) electrons. The number of aliphatic imine (C=N–C) groups is 1. The molecule has 2 aromatic rings. The van der Waals surface area contributed by atoms with E-state index in [2.05, 4.69) is 41.2 Å². The number of carbonyl (C=O) groups is 2. The SMILES string of the molecule is CN(C)C(=O)C(=O)N1CC(O)(CNc2nonc2C(=Nc2ccc(F)c(Br)c2)NO)C1. The Hall–Kier alpha value is -3.10. The van der Waals surface area contributed by atoms with Gasteiger partial charge in [-0.3, -0.25) is 20.3 Å². The number of likely N-dealkylation sites (N-methyl/N-ethyl adjacent to an activating group) is 1. The van der Waals surface area contributed by atoms with Crippen molar-refractivity contribution in [3.8, 4) is 0 Å². The molecule has 4 N–H and O–H groups in total. The number of nitrogens with zero attached hydrogens (tertiary/aromatic N) is 5. The van der Waals surface area contributed by atoms with E-state index >= 15 is 0 Å². The molecule has 3 rings (SSSR count). The number of hydrogen-bond donors (Lipinski definition) is 4. The van der Waals surface area contributed by atoms with E-state index in [1.165, 1.54) is 37.2 Å². The Morgan fingerprint density at radius 3 is 2.71 bits per heavy atom. The number of hydroxylamine groups is 1. The van der Waals surface area contributed by atoms with Crippen LogP contribution in [0.3, 0.4) is 0 Å². The molecule has 1 fully saturated rings. The molecule has 1 aromatic heterocycles. The average molecular weight is 500 g/mol. The van der Waals surface area contributed by atoms with Gasteiger partial charge in [0.1, 0.15) is 11.4 Å². The zero-order valence-corrected chi connectivity index (χ0v) is 18.1. The number of carbonyl (C=O) groups excluding carboxylic acids is 2. The van der Waals surface area contributed by atoms with Gasteiger partial charge in [-0.15, -0.1) is 0 Å². The van der Waals surface area contributed by atoms with Crippen molar-refractivity contribution in [3.05, 3.63) is 34.2 Å². The molecule has 0 saturated carbocycles. The molecule has 14 heteroatoms. The highest BCUT2D eigenvalue weighted by Crippen LogP contribution is 2.25. The molecule has 2 heterocycles. The third-order valence-electron chi connectivity index (χ3n) is 4.39. The van der Waals surface area contributed by atoms with Gasteiger partial charge >= 0.3 is 11.8 Å². The van der Waals surface area contributed by atoms with E-state index in [0.29, 0.717) is 5.69 Å². The lowest BCUT2D eigenvalue weighted by Crippen LogP contribution is -2.68. The van der Waals surface area contributed by atoms with Crippen molar-refractivity contribution in [2.75, 3.05) is 39.0 Å². The predicted octanol–water partition coefficient (Wildman–Crippen LogP) is 0.102. The highest BCUT2D eigenvalue weighted by atomic mass is 79.9. The Labute approximate surface area is 183 Å². The fourth-order valence-electron chi connectivity index (χ4n) is 2.77. The van der Waals surface area contributed by atoms with E-state index in [1.807, 2.05) is 5.48 Å². The van der Waals surface area contributed by atoms with Crippen LogP contribution in [-0.2, 0) is 9.59 Å². The van der Waals surface area contributed by atoms with E-state index in [0.717, 1.165) is 4.90 Å². The van der Waals surface area contributed by atoms with Crippen LogP contribution in [-0.4, -0.2) is 87.4 Å². The second-order valence-corrected chi connectivity index (χ2v) is 7.93. The summed E-state index contributed by atoms with van der Waals surface area (Å²) in [6.07, 6.45) is 0. The van der Waals surface area contributed by atoms with Crippen LogP contribution < -0.4 is 10.8 Å². The van der Waals surface area contributed by atoms with Crippen molar-refractivity contribution in [2.24, 2.45) is 4.99 Å². The Balaban J connectivity index is 1.67. The van der Waals surface area contributed by atoms with Crippen LogP contribution in [0.4, 0.5) is 15.9 Å². The van der Waals surface area contributed by atoms with E-state index in [9.17, 15) is 24.3 Å². The van der Waals surface area contributed by atoms with Crippen molar-refractivity contribution in [3.63, 3.8) is 0 Å². The summed E-state index contributed by atoms with van der Waals surface area (Å²) in [5, 5.41) is 30.1. The number of amides is 2. The minimum absolute atomic E-state index is 0.00147. The topological polar surface area (TPSA) is 156 Å². The van der Waals surface area contributed by atoms with Gasteiger partial charge in [0.15, 0.2) is 11.5 Å². The molecule has 1 aliphatic rings. The van der Waals surface area contributed by atoms with Crippen molar-refractivity contribution < 1.29 is 28.9 Å². The summed E-state index contributed by atoms with van der Waals surface area (Å²) in [5.74, 6) is -1.94. The molecule has 0 spiro atoms. The minimum atomic E-state index is -1.30. The summed E-state index contributed by atoms with van der Waals surface area (Å²) in [6, 6.07) is 3.97. The van der Waals surface area contributed by atoms with Gasteiger partial charge in [-0.1, -0.05) is 0 Å². The lowest BCUT2D eigenvalue weighted by atomic mass is 9.94. The number of nitrogens with one attached hydrogen (secondary N) is 2. The largest absolute Gasteiger partial charge is 0.384 e. The van der Waals surface area contributed by atoms with Crippen LogP contribution in [0.15, 0.2) is 32.3 Å². The first kappa shape index (κ1) is 22.6. The third-order valence-corrected chi connectivity index (χ3v) is 5.00. The molecule has 1 saturated heterocycles. The molecule has 1 aromatic carbocycles. The molecule has 0 aliphatic carbocycles. The summed E-state index contributed by atoms with van der Waals surface area (Å²) in [5.41, 5.74) is 0.881. The van der Waals surface area contributed by atoms with Crippen LogP contribution in [0.5, 0.6) is 0 Å². The number of hydrogen-bond acceptors (Lipinski definition) is 9. The van der Waals surface area contributed by atoms with Gasteiger partial charge in [-0.2, -0.15) is 0 Å². The van der Waals surface area contributed by atoms with Gasteiger partial charge in [0.25, 0.3) is 0 Å². The number of anilines is 1. The lowest BCUT2D eigenvalue weighted by Gasteiger charge is -2.46. The van der Waals surface area contributed by atoms with Crippen molar-refractivity contribution >= 4 is 45.1 Å². The summed E-state index contributed by atoms with van der Waals surface area (Å²) in [6.45, 7) is -0.154. The number of aliphatic hydroxyl groups is 1. The van der Waals surface area contributed by atoms with E-state index < -0.39 is 23.2 Å². The Morgan fingerprint density at radius 1 is 1.39 bits per heavy atom. The predicted molar refractivity (Wildman–Crippen MR) is 108 cm³/mol. The molecular weight excluding hydrogens is 481 g/mol. The molecule has 166 valence electrons. The van der Waals surface area contributed by atoms with Crippen LogP contribution in [0.25, 0.3) is 0 Å². The number of halogens is 2. The maximum absolute atomic E-state index is 13.4. The van der Waals surface area contributed by atoms with Crippen molar-refractivity contribution in [1.82, 2.24) is 25.6 Å². The monoisotopic (exact) mass is 499 g/mol. The van der Waals surface area contributed by atoms with Crippen molar-refractivity contribution in [1.29, 1.82) is 0 Å². The molecule has 0 unspecified atom stereocenters. The summed E-state index contributed by atoms with van der Waals surface area (Å²) in [4.78, 5) is 30.2. The summed E-state index contributed by atoms with van der Waals surface area (Å²) in [7, 11) is 2.93. The quantitative estimate of drug-likeness (QED) is 0.194. The molecule has 0 bridgehead atoms. The van der Waals surface area contributed by atoms with Crippen LogP contribution in [0.2, 0.25) is 0 Å². The number of benzene rings is 1. The molecule has 2 amide bonds. The smallest absolute Gasteiger partial charge is 0.312 e. The van der Waals surface area contributed by atoms with E-state index in [-0.39, 0.29) is 41.5 Å². The van der Waals surface area contributed by atoms with Gasteiger partial charge < -0.3 is 20.2 Å². The first-order valence-electron chi connectivity index (χ1n) is 8.87. The standard InChI is InChI=1S/C17H19BrFN7O5/c1-25(2)15(27)16(28)26-7-17(29,8-26)6-20-13-12(23-31-24-13)14(22-30)21-9-3-4-11(19)10(18)5-9/h3-5,29-30H,6-8H2,1-2H3,(H,20,24)(H,21,22). The van der Waals surface area contributed by atoms with E-state index in [4.69, 9.17) is 0 Å². The van der Waals surface area contributed by atoms with E-state index in [1.54, 1.807) is 0 Å². The highest BCUT2D eigenvalue weighted by Gasteiger charge is 2.45. The number of β-amino-alcohol motifs (C(OH)–C–C–N with tert-alkyl or cyclic N) is 1. The number of likely N-dealkylation sites (tertiary alicyclic amines) is 1. The Morgan fingerprint density at radius 2 is 2.10 bits per heavy atom. The zero-order chi connectivity index (χ0) is 22.8. The molecule has 0 atom stereocenters. The minimum Gasteiger partial charge on any atom is -0.384 e. The first-order chi connectivity index (χ1) is 14.6. The normalized spacial score (nSPS) is 15.3.